The molecule has 12 heavy (non-hydrogen) atoms. The Bertz CT molecular complexity index is 249. The van der Waals surface area contributed by atoms with E-state index in [1.54, 1.807) is 0 Å². The number of carboxylic acids is 1. The third-order valence-corrected chi connectivity index (χ3v) is 2.21. The molecule has 0 saturated carbocycles. The number of hydrogen-bond donors (Lipinski definition) is 2. The van der Waals surface area contributed by atoms with Crippen LogP contribution in [-0.2, 0) is 4.79 Å². The maximum atomic E-state index is 10.7. The molecule has 0 aliphatic carbocycles. The van der Waals surface area contributed by atoms with Gasteiger partial charge in [-0.05, 0) is 24.5 Å². The maximum absolute atomic E-state index is 10.7. The van der Waals surface area contributed by atoms with Crippen molar-refractivity contribution in [3.05, 3.63) is 11.3 Å². The van der Waals surface area contributed by atoms with Crippen LogP contribution in [0.15, 0.2) is 6.33 Å². The van der Waals surface area contributed by atoms with Crippen molar-refractivity contribution in [2.45, 2.75) is 12.3 Å². The van der Waals surface area contributed by atoms with Gasteiger partial charge in [-0.3, -0.25) is 4.79 Å². The average Bonchev–Trinajstić information content (AvgIpc) is 2.51. The monoisotopic (exact) mass is 187 g/mol. The summed E-state index contributed by atoms with van der Waals surface area (Å²) in [7, 11) is 0. The number of carbonyl (C=O) groups is 1. The van der Waals surface area contributed by atoms with Crippen molar-refractivity contribution in [3.63, 3.8) is 0 Å². The summed E-state index contributed by atoms with van der Waals surface area (Å²) in [5.41, 5.74) is 5.27. The summed E-state index contributed by atoms with van der Waals surface area (Å²) < 4.78 is 3.73. The standard InChI is InChI=1S/C6H9N3O2S/c7-2-1-4(6(10)11)5-8-3-9-12-5/h3-4H,1-2,7H2,(H,10,11). The van der Waals surface area contributed by atoms with Crippen molar-refractivity contribution in [1.29, 1.82) is 0 Å². The maximum Gasteiger partial charge on any atom is 0.313 e. The van der Waals surface area contributed by atoms with E-state index in [0.717, 1.165) is 11.5 Å². The van der Waals surface area contributed by atoms with Gasteiger partial charge in [0.15, 0.2) is 0 Å². The minimum absolute atomic E-state index is 0.344. The van der Waals surface area contributed by atoms with Crippen LogP contribution in [0.3, 0.4) is 0 Å². The fourth-order valence-electron chi connectivity index (χ4n) is 0.854. The Morgan fingerprint density at radius 2 is 2.58 bits per heavy atom. The molecule has 0 aliphatic heterocycles. The topological polar surface area (TPSA) is 89.1 Å². The van der Waals surface area contributed by atoms with E-state index in [2.05, 4.69) is 9.36 Å². The molecule has 0 saturated heterocycles. The summed E-state index contributed by atoms with van der Waals surface area (Å²) >= 11 is 1.10. The Kier molecular flexibility index (Phi) is 3.12. The molecule has 0 aromatic carbocycles. The second-order valence-corrected chi connectivity index (χ2v) is 3.06. The Morgan fingerprint density at radius 3 is 3.00 bits per heavy atom. The van der Waals surface area contributed by atoms with Crippen LogP contribution in [0.4, 0.5) is 0 Å². The SMILES string of the molecule is NCCC(C(=O)O)c1ncns1. The molecule has 1 unspecified atom stereocenters. The van der Waals surface area contributed by atoms with Gasteiger partial charge in [0, 0.05) is 0 Å². The lowest BCUT2D eigenvalue weighted by Crippen LogP contribution is -2.15. The van der Waals surface area contributed by atoms with Gasteiger partial charge in [0.25, 0.3) is 0 Å². The van der Waals surface area contributed by atoms with Gasteiger partial charge in [0.1, 0.15) is 17.3 Å². The molecule has 1 rings (SSSR count). The fraction of sp³-hybridized carbons (Fsp3) is 0.500. The quantitative estimate of drug-likeness (QED) is 0.695. The Labute approximate surface area is 73.4 Å². The van der Waals surface area contributed by atoms with Crippen molar-refractivity contribution in [2.24, 2.45) is 5.73 Å². The third kappa shape index (κ3) is 1.99. The number of rotatable bonds is 4. The molecule has 5 nitrogen and oxygen atoms in total. The molecule has 3 N–H and O–H groups in total. The number of carboxylic acid groups (broad SMARTS) is 1. The second-order valence-electron chi connectivity index (χ2n) is 2.25. The van der Waals surface area contributed by atoms with Crippen molar-refractivity contribution < 1.29 is 9.90 Å². The number of nitrogens with zero attached hydrogens (tertiary/aromatic N) is 2. The fourth-order valence-corrected chi connectivity index (χ4v) is 1.50. The Balaban J connectivity index is 2.73. The summed E-state index contributed by atoms with van der Waals surface area (Å²) in [6.07, 6.45) is 1.76. The van der Waals surface area contributed by atoms with Crippen LogP contribution in [0.25, 0.3) is 0 Å². The first kappa shape index (κ1) is 9.08. The lowest BCUT2D eigenvalue weighted by molar-refractivity contribution is -0.138. The minimum atomic E-state index is -0.891. The van der Waals surface area contributed by atoms with E-state index in [-0.39, 0.29) is 0 Å². The smallest absolute Gasteiger partial charge is 0.313 e. The molecule has 0 aliphatic rings. The number of hydrogen-bond acceptors (Lipinski definition) is 5. The zero-order chi connectivity index (χ0) is 8.97. The van der Waals surface area contributed by atoms with Gasteiger partial charge in [0.2, 0.25) is 0 Å². The second kappa shape index (κ2) is 4.13. The average molecular weight is 187 g/mol. The number of aromatic nitrogens is 2. The van der Waals surface area contributed by atoms with Crippen molar-refractivity contribution in [3.8, 4) is 0 Å². The predicted molar refractivity (Wildman–Crippen MR) is 44.0 cm³/mol. The van der Waals surface area contributed by atoms with E-state index in [4.69, 9.17) is 10.8 Å². The molecule has 0 bridgehead atoms. The van der Waals surface area contributed by atoms with E-state index in [0.29, 0.717) is 18.0 Å². The van der Waals surface area contributed by atoms with Crippen LogP contribution in [0.5, 0.6) is 0 Å². The first-order chi connectivity index (χ1) is 5.75. The van der Waals surface area contributed by atoms with E-state index in [9.17, 15) is 4.79 Å². The third-order valence-electron chi connectivity index (χ3n) is 1.43. The molecular weight excluding hydrogens is 178 g/mol. The highest BCUT2D eigenvalue weighted by molar-refractivity contribution is 7.05. The molecule has 1 heterocycles. The van der Waals surface area contributed by atoms with Gasteiger partial charge in [-0.25, -0.2) is 4.98 Å². The Morgan fingerprint density at radius 1 is 1.83 bits per heavy atom. The van der Waals surface area contributed by atoms with Gasteiger partial charge < -0.3 is 10.8 Å². The first-order valence-electron chi connectivity index (χ1n) is 3.45. The zero-order valence-electron chi connectivity index (χ0n) is 6.30. The molecule has 0 radical (unpaired) electrons. The van der Waals surface area contributed by atoms with Crippen LogP contribution in [-0.4, -0.2) is 27.0 Å². The van der Waals surface area contributed by atoms with Crippen LogP contribution < -0.4 is 5.73 Å². The molecule has 66 valence electrons. The molecular formula is C6H9N3O2S. The highest BCUT2D eigenvalue weighted by Crippen LogP contribution is 2.19. The number of nitrogens with two attached hydrogens (primary N) is 1. The summed E-state index contributed by atoms with van der Waals surface area (Å²) in [4.78, 5) is 14.5. The summed E-state index contributed by atoms with van der Waals surface area (Å²) in [6.45, 7) is 0.344. The van der Waals surface area contributed by atoms with Crippen LogP contribution in [0.1, 0.15) is 17.3 Å². The van der Waals surface area contributed by atoms with Gasteiger partial charge >= 0.3 is 5.97 Å². The molecule has 0 amide bonds. The molecule has 6 heteroatoms. The molecule has 1 atom stereocenters. The highest BCUT2D eigenvalue weighted by atomic mass is 32.1. The van der Waals surface area contributed by atoms with E-state index in [1.807, 2.05) is 0 Å². The van der Waals surface area contributed by atoms with Gasteiger partial charge in [-0.1, -0.05) is 0 Å². The van der Waals surface area contributed by atoms with Crippen molar-refractivity contribution in [1.82, 2.24) is 9.36 Å². The Hall–Kier alpha value is -1.01. The van der Waals surface area contributed by atoms with Crippen LogP contribution >= 0.6 is 11.5 Å². The van der Waals surface area contributed by atoms with Gasteiger partial charge in [0.05, 0.1) is 0 Å². The predicted octanol–water partition coefficient (Wildman–Crippen LogP) is 0.0551. The minimum Gasteiger partial charge on any atom is -0.481 e. The van der Waals surface area contributed by atoms with E-state index in [1.165, 1.54) is 6.33 Å². The first-order valence-corrected chi connectivity index (χ1v) is 4.22. The van der Waals surface area contributed by atoms with Crippen molar-refractivity contribution >= 4 is 17.5 Å². The molecule has 0 spiro atoms. The highest BCUT2D eigenvalue weighted by Gasteiger charge is 2.21. The van der Waals surface area contributed by atoms with Crippen LogP contribution in [0.2, 0.25) is 0 Å². The number of aliphatic carboxylic acids is 1. The largest absolute Gasteiger partial charge is 0.481 e. The van der Waals surface area contributed by atoms with Gasteiger partial charge in [-0.15, -0.1) is 0 Å². The van der Waals surface area contributed by atoms with Crippen molar-refractivity contribution in [2.75, 3.05) is 6.54 Å². The van der Waals surface area contributed by atoms with Gasteiger partial charge in [-0.2, -0.15) is 4.37 Å². The molecule has 0 fully saturated rings. The normalized spacial score (nSPS) is 12.8. The van der Waals surface area contributed by atoms with E-state index >= 15 is 0 Å². The lowest BCUT2D eigenvalue weighted by Gasteiger charge is -2.05. The van der Waals surface area contributed by atoms with E-state index < -0.39 is 11.9 Å². The van der Waals surface area contributed by atoms with Crippen LogP contribution in [0, 0.1) is 0 Å². The summed E-state index contributed by atoms with van der Waals surface area (Å²) in [5, 5.41) is 9.28. The summed E-state index contributed by atoms with van der Waals surface area (Å²) in [5.74, 6) is -1.49. The summed E-state index contributed by atoms with van der Waals surface area (Å²) in [6, 6.07) is 0. The zero-order valence-corrected chi connectivity index (χ0v) is 7.12. The lowest BCUT2D eigenvalue weighted by atomic mass is 10.1. The molecule has 1 aromatic heterocycles. The molecule has 1 aromatic rings.